The summed E-state index contributed by atoms with van der Waals surface area (Å²) in [6.07, 6.45) is 6.92. The molecule has 4 rings (SSSR count). The van der Waals surface area contributed by atoms with Crippen LogP contribution >= 0.6 is 0 Å². The standard InChI is InChI=1S/C15H20N2/c1-3-12-9-13(4-5-14(12)16-8-1)17-10-15(11-17)6-2-7-15/h4-5,9,16H,1-3,6-8,10-11H2. The van der Waals surface area contributed by atoms with Gasteiger partial charge in [0.25, 0.3) is 0 Å². The molecule has 2 heteroatoms. The lowest BCUT2D eigenvalue weighted by Gasteiger charge is -2.57. The molecule has 1 aliphatic carbocycles. The van der Waals surface area contributed by atoms with E-state index in [9.17, 15) is 0 Å². The van der Waals surface area contributed by atoms with Crippen molar-refractivity contribution in [2.75, 3.05) is 29.9 Å². The minimum absolute atomic E-state index is 0.730. The van der Waals surface area contributed by atoms with Gasteiger partial charge in [-0.1, -0.05) is 6.42 Å². The molecule has 2 nitrogen and oxygen atoms in total. The topological polar surface area (TPSA) is 15.3 Å². The van der Waals surface area contributed by atoms with Gasteiger partial charge in [-0.2, -0.15) is 0 Å². The Kier molecular flexibility index (Phi) is 1.97. The van der Waals surface area contributed by atoms with Crippen LogP contribution in [-0.2, 0) is 6.42 Å². The molecule has 2 heterocycles. The predicted octanol–water partition coefficient (Wildman–Crippen LogP) is 3.04. The third-order valence-corrected chi connectivity index (χ3v) is 4.86. The van der Waals surface area contributed by atoms with Crippen LogP contribution in [0.5, 0.6) is 0 Å². The second-order valence-electron chi connectivity index (χ2n) is 6.08. The number of rotatable bonds is 1. The minimum atomic E-state index is 0.730. The maximum Gasteiger partial charge on any atom is 0.0374 e. The molecule has 1 N–H and O–H groups in total. The maximum absolute atomic E-state index is 3.48. The molecule has 0 bridgehead atoms. The summed E-state index contributed by atoms with van der Waals surface area (Å²) in [5.74, 6) is 0. The highest BCUT2D eigenvalue weighted by Gasteiger charge is 2.47. The average Bonchev–Trinajstić information content (AvgIpc) is 2.25. The van der Waals surface area contributed by atoms with Gasteiger partial charge in [0.2, 0.25) is 0 Å². The summed E-state index contributed by atoms with van der Waals surface area (Å²) in [5.41, 5.74) is 5.06. The third kappa shape index (κ3) is 1.46. The van der Waals surface area contributed by atoms with Crippen molar-refractivity contribution in [1.29, 1.82) is 0 Å². The number of hydrogen-bond donors (Lipinski definition) is 1. The van der Waals surface area contributed by atoms with E-state index >= 15 is 0 Å². The van der Waals surface area contributed by atoms with Gasteiger partial charge in [0, 0.05) is 36.4 Å². The summed E-state index contributed by atoms with van der Waals surface area (Å²) in [4.78, 5) is 2.56. The van der Waals surface area contributed by atoms with Crippen LogP contribution in [-0.4, -0.2) is 19.6 Å². The Balaban J connectivity index is 1.54. The number of hydrogen-bond acceptors (Lipinski definition) is 2. The highest BCUT2D eigenvalue weighted by molar-refractivity contribution is 5.63. The van der Waals surface area contributed by atoms with Gasteiger partial charge in [0.05, 0.1) is 0 Å². The number of fused-ring (bicyclic) bond motifs is 1. The van der Waals surface area contributed by atoms with Gasteiger partial charge in [-0.3, -0.25) is 0 Å². The van der Waals surface area contributed by atoms with Crippen molar-refractivity contribution in [1.82, 2.24) is 0 Å². The van der Waals surface area contributed by atoms with E-state index in [1.807, 2.05) is 0 Å². The molecule has 0 atom stereocenters. The SMILES string of the molecule is c1cc2c(cc1N1CC3(CCC3)C1)CCCN2. The van der Waals surface area contributed by atoms with Crippen LogP contribution in [0.4, 0.5) is 11.4 Å². The van der Waals surface area contributed by atoms with E-state index in [-0.39, 0.29) is 0 Å². The smallest absolute Gasteiger partial charge is 0.0374 e. The highest BCUT2D eigenvalue weighted by atomic mass is 15.2. The van der Waals surface area contributed by atoms with Crippen molar-refractivity contribution in [2.45, 2.75) is 32.1 Å². The average molecular weight is 228 g/mol. The van der Waals surface area contributed by atoms with Gasteiger partial charge in [-0.05, 0) is 49.4 Å². The van der Waals surface area contributed by atoms with Crippen LogP contribution in [0.3, 0.4) is 0 Å². The first-order chi connectivity index (χ1) is 8.35. The maximum atomic E-state index is 3.48. The first-order valence-corrected chi connectivity index (χ1v) is 6.97. The Morgan fingerprint density at radius 1 is 1.12 bits per heavy atom. The Morgan fingerprint density at radius 2 is 2.00 bits per heavy atom. The summed E-state index contributed by atoms with van der Waals surface area (Å²) in [6.45, 7) is 3.75. The Hall–Kier alpha value is -1.18. The zero-order valence-electron chi connectivity index (χ0n) is 10.3. The lowest BCUT2D eigenvalue weighted by molar-refractivity contribution is 0.0904. The van der Waals surface area contributed by atoms with Crippen LogP contribution in [0.15, 0.2) is 18.2 Å². The number of benzene rings is 1. The van der Waals surface area contributed by atoms with Gasteiger partial charge in [-0.25, -0.2) is 0 Å². The van der Waals surface area contributed by atoms with Gasteiger partial charge < -0.3 is 10.2 Å². The summed E-state index contributed by atoms with van der Waals surface area (Å²) < 4.78 is 0. The van der Waals surface area contributed by atoms with Gasteiger partial charge >= 0.3 is 0 Å². The van der Waals surface area contributed by atoms with E-state index < -0.39 is 0 Å². The van der Waals surface area contributed by atoms with Crippen molar-refractivity contribution < 1.29 is 0 Å². The Labute approximate surface area is 103 Å². The molecule has 2 aliphatic heterocycles. The lowest BCUT2D eigenvalue weighted by Crippen LogP contribution is -2.59. The van der Waals surface area contributed by atoms with E-state index in [4.69, 9.17) is 0 Å². The Morgan fingerprint density at radius 3 is 2.76 bits per heavy atom. The predicted molar refractivity (Wildman–Crippen MR) is 71.7 cm³/mol. The molecular weight excluding hydrogens is 208 g/mol. The van der Waals surface area contributed by atoms with Crippen LogP contribution in [0, 0.1) is 5.41 Å². The van der Waals surface area contributed by atoms with Crippen LogP contribution in [0.25, 0.3) is 0 Å². The van der Waals surface area contributed by atoms with Crippen LogP contribution in [0.1, 0.15) is 31.2 Å². The van der Waals surface area contributed by atoms with Crippen LogP contribution < -0.4 is 10.2 Å². The van der Waals surface area contributed by atoms with E-state index in [1.54, 1.807) is 0 Å². The molecule has 90 valence electrons. The second kappa shape index (κ2) is 3.41. The summed E-state index contributed by atoms with van der Waals surface area (Å²) in [5, 5.41) is 3.48. The first kappa shape index (κ1) is 9.81. The van der Waals surface area contributed by atoms with E-state index in [1.165, 1.54) is 62.1 Å². The molecule has 1 saturated heterocycles. The largest absolute Gasteiger partial charge is 0.385 e. The molecule has 0 aromatic heterocycles. The zero-order chi connectivity index (χ0) is 11.3. The molecule has 0 amide bonds. The molecule has 17 heavy (non-hydrogen) atoms. The monoisotopic (exact) mass is 228 g/mol. The normalized spacial score (nSPS) is 24.6. The number of aryl methyl sites for hydroxylation is 1. The number of nitrogens with one attached hydrogen (secondary N) is 1. The molecule has 3 aliphatic rings. The second-order valence-corrected chi connectivity index (χ2v) is 6.08. The van der Waals surface area contributed by atoms with E-state index in [2.05, 4.69) is 28.4 Å². The molecule has 2 fully saturated rings. The van der Waals surface area contributed by atoms with Gasteiger partial charge in [0.15, 0.2) is 0 Å². The fraction of sp³-hybridized carbons (Fsp3) is 0.600. The molecule has 1 saturated carbocycles. The Bertz CT molecular complexity index is 440. The lowest BCUT2D eigenvalue weighted by atomic mass is 9.63. The van der Waals surface area contributed by atoms with Crippen LogP contribution in [0.2, 0.25) is 0 Å². The number of nitrogens with zero attached hydrogens (tertiary/aromatic N) is 1. The molecular formula is C15H20N2. The first-order valence-electron chi connectivity index (χ1n) is 6.97. The summed E-state index contributed by atoms with van der Waals surface area (Å²) in [6, 6.07) is 6.98. The summed E-state index contributed by atoms with van der Waals surface area (Å²) in [7, 11) is 0. The van der Waals surface area contributed by atoms with E-state index in [0.29, 0.717) is 0 Å². The number of anilines is 2. The zero-order valence-corrected chi connectivity index (χ0v) is 10.3. The fourth-order valence-corrected chi connectivity index (χ4v) is 3.60. The van der Waals surface area contributed by atoms with Crippen molar-refractivity contribution in [3.8, 4) is 0 Å². The van der Waals surface area contributed by atoms with Crippen molar-refractivity contribution in [3.63, 3.8) is 0 Å². The molecule has 1 spiro atoms. The highest BCUT2D eigenvalue weighted by Crippen LogP contribution is 2.49. The molecule has 0 unspecified atom stereocenters. The van der Waals surface area contributed by atoms with Crippen molar-refractivity contribution in [2.24, 2.45) is 5.41 Å². The summed E-state index contributed by atoms with van der Waals surface area (Å²) >= 11 is 0. The van der Waals surface area contributed by atoms with E-state index in [0.717, 1.165) is 12.0 Å². The molecule has 1 aromatic carbocycles. The van der Waals surface area contributed by atoms with Crippen molar-refractivity contribution in [3.05, 3.63) is 23.8 Å². The quantitative estimate of drug-likeness (QED) is 0.795. The van der Waals surface area contributed by atoms with Gasteiger partial charge in [-0.15, -0.1) is 0 Å². The fourth-order valence-electron chi connectivity index (χ4n) is 3.60. The van der Waals surface area contributed by atoms with Crippen molar-refractivity contribution >= 4 is 11.4 Å². The molecule has 0 radical (unpaired) electrons. The minimum Gasteiger partial charge on any atom is -0.385 e. The third-order valence-electron chi connectivity index (χ3n) is 4.86. The van der Waals surface area contributed by atoms with Gasteiger partial charge in [0.1, 0.15) is 0 Å². The molecule has 1 aromatic rings.